The molecule has 0 amide bonds. The molecule has 2 aromatic carbocycles. The van der Waals surface area contributed by atoms with Crippen molar-refractivity contribution in [3.8, 4) is 34.3 Å². The van der Waals surface area contributed by atoms with Gasteiger partial charge >= 0.3 is 0 Å². The van der Waals surface area contributed by atoms with Gasteiger partial charge in [0, 0.05) is 24.1 Å². The molecule has 0 aliphatic carbocycles. The molecule has 9 atom stereocenters. The highest BCUT2D eigenvalue weighted by Crippen LogP contribution is 2.46. The van der Waals surface area contributed by atoms with Crippen molar-refractivity contribution in [1.82, 2.24) is 0 Å². The third-order valence-electron chi connectivity index (χ3n) is 7.38. The Morgan fingerprint density at radius 3 is 2.29 bits per heavy atom. The fourth-order valence-electron chi connectivity index (χ4n) is 5.06. The standard InChI is InChI=1S/C27H30O14/c1-9-22(33)14(32)6-16(38-9)21-18(40-27-26(37)25(36)23(34)19(8-28)41-27)7-17-20(24(21)35)13(31)5-15(39-17)10-2-3-11(29)12(30)4-10/h2-5,7,9,14,16,19,22-23,25-30,32-37H,6,8H2,1H3/t9-,14+,16-,19-,22+,23-,25+,26-,27-/m1/s1. The van der Waals surface area contributed by atoms with E-state index in [2.05, 4.69) is 0 Å². The molecular formula is C27H30O14. The summed E-state index contributed by atoms with van der Waals surface area (Å²) in [4.78, 5) is 13.2. The number of ether oxygens (including phenoxy) is 3. The first-order valence-corrected chi connectivity index (χ1v) is 12.8. The predicted octanol–water partition coefficient (Wildman–Crippen LogP) is -0.673. The van der Waals surface area contributed by atoms with E-state index in [-0.39, 0.29) is 40.0 Å². The van der Waals surface area contributed by atoms with Gasteiger partial charge in [-0.15, -0.1) is 0 Å². The summed E-state index contributed by atoms with van der Waals surface area (Å²) < 4.78 is 22.9. The summed E-state index contributed by atoms with van der Waals surface area (Å²) in [6, 6.07) is 5.96. The molecule has 9 N–H and O–H groups in total. The van der Waals surface area contributed by atoms with Crippen LogP contribution in [0.1, 0.15) is 25.0 Å². The van der Waals surface area contributed by atoms with Gasteiger partial charge in [-0.25, -0.2) is 0 Å². The maximum absolute atomic E-state index is 13.2. The van der Waals surface area contributed by atoms with Crippen LogP contribution in [0.5, 0.6) is 23.0 Å². The van der Waals surface area contributed by atoms with Crippen LogP contribution in [0.2, 0.25) is 0 Å². The second-order valence-corrected chi connectivity index (χ2v) is 10.1. The molecule has 0 spiro atoms. The molecule has 3 heterocycles. The molecule has 2 aliphatic rings. The van der Waals surface area contributed by atoms with E-state index in [9.17, 15) is 50.8 Å². The smallest absolute Gasteiger partial charge is 0.229 e. The summed E-state index contributed by atoms with van der Waals surface area (Å²) in [5.74, 6) is -1.85. The summed E-state index contributed by atoms with van der Waals surface area (Å²) in [5.41, 5.74) is -0.878. The van der Waals surface area contributed by atoms with Crippen molar-refractivity contribution in [2.45, 2.75) is 68.5 Å². The number of benzene rings is 2. The molecule has 3 aromatic rings. The first-order chi connectivity index (χ1) is 19.4. The third kappa shape index (κ3) is 5.20. The van der Waals surface area contributed by atoms with Crippen LogP contribution < -0.4 is 10.2 Å². The van der Waals surface area contributed by atoms with E-state index < -0.39 is 84.4 Å². The van der Waals surface area contributed by atoms with E-state index in [0.717, 1.165) is 12.1 Å². The molecule has 14 heteroatoms. The monoisotopic (exact) mass is 578 g/mol. The fourth-order valence-corrected chi connectivity index (χ4v) is 5.06. The average Bonchev–Trinajstić information content (AvgIpc) is 2.93. The second kappa shape index (κ2) is 11.1. The molecule has 0 bridgehead atoms. The molecule has 0 unspecified atom stereocenters. The number of phenols is 3. The molecule has 0 radical (unpaired) electrons. The van der Waals surface area contributed by atoms with E-state index in [0.29, 0.717) is 0 Å². The number of aromatic hydroxyl groups is 3. The molecule has 222 valence electrons. The highest BCUT2D eigenvalue weighted by Gasteiger charge is 2.46. The maximum Gasteiger partial charge on any atom is 0.229 e. The quantitative estimate of drug-likeness (QED) is 0.171. The number of hydrogen-bond donors (Lipinski definition) is 9. The Bertz CT molecular complexity index is 1470. The molecule has 2 aliphatic heterocycles. The minimum absolute atomic E-state index is 0.0511. The average molecular weight is 579 g/mol. The first-order valence-electron chi connectivity index (χ1n) is 12.8. The van der Waals surface area contributed by atoms with Crippen LogP contribution in [0.25, 0.3) is 22.3 Å². The molecule has 41 heavy (non-hydrogen) atoms. The van der Waals surface area contributed by atoms with E-state index in [1.54, 1.807) is 0 Å². The summed E-state index contributed by atoms with van der Waals surface area (Å²) in [6.07, 6.45) is -13.1. The van der Waals surface area contributed by atoms with Gasteiger partial charge in [0.05, 0.1) is 30.5 Å². The summed E-state index contributed by atoms with van der Waals surface area (Å²) in [7, 11) is 0. The van der Waals surface area contributed by atoms with Crippen LogP contribution in [-0.4, -0.2) is 102 Å². The van der Waals surface area contributed by atoms with Crippen molar-refractivity contribution in [3.63, 3.8) is 0 Å². The van der Waals surface area contributed by atoms with Crippen molar-refractivity contribution < 1.29 is 64.6 Å². The summed E-state index contributed by atoms with van der Waals surface area (Å²) in [5, 5.41) is 91.6. The molecule has 1 aromatic heterocycles. The van der Waals surface area contributed by atoms with E-state index in [1.165, 1.54) is 25.1 Å². The van der Waals surface area contributed by atoms with Crippen molar-refractivity contribution in [3.05, 3.63) is 46.1 Å². The van der Waals surface area contributed by atoms with Crippen molar-refractivity contribution in [2.24, 2.45) is 0 Å². The number of hydrogen-bond acceptors (Lipinski definition) is 14. The van der Waals surface area contributed by atoms with Gasteiger partial charge in [-0.3, -0.25) is 4.79 Å². The fraction of sp³-hybridized carbons (Fsp3) is 0.444. The normalized spacial score (nSPS) is 32.2. The summed E-state index contributed by atoms with van der Waals surface area (Å²) >= 11 is 0. The number of fused-ring (bicyclic) bond motifs is 1. The number of phenolic OH excluding ortho intramolecular Hbond substituents is 3. The highest BCUT2D eigenvalue weighted by molar-refractivity contribution is 5.88. The Kier molecular flexibility index (Phi) is 7.84. The largest absolute Gasteiger partial charge is 0.506 e. The van der Waals surface area contributed by atoms with Gasteiger partial charge in [0.25, 0.3) is 0 Å². The highest BCUT2D eigenvalue weighted by atomic mass is 16.7. The van der Waals surface area contributed by atoms with Crippen LogP contribution in [0.4, 0.5) is 0 Å². The van der Waals surface area contributed by atoms with Gasteiger partial charge in [-0.05, 0) is 25.1 Å². The Labute approximate surface area is 231 Å². The van der Waals surface area contributed by atoms with Crippen molar-refractivity contribution in [1.29, 1.82) is 0 Å². The molecule has 2 fully saturated rings. The van der Waals surface area contributed by atoms with Gasteiger partial charge in [0.15, 0.2) is 16.9 Å². The Morgan fingerprint density at radius 1 is 0.902 bits per heavy atom. The third-order valence-corrected chi connectivity index (χ3v) is 7.38. The molecular weight excluding hydrogens is 548 g/mol. The number of rotatable bonds is 5. The van der Waals surface area contributed by atoms with Crippen LogP contribution in [-0.2, 0) is 9.47 Å². The lowest BCUT2D eigenvalue weighted by Gasteiger charge is -2.40. The summed E-state index contributed by atoms with van der Waals surface area (Å²) in [6.45, 7) is 0.760. The lowest BCUT2D eigenvalue weighted by molar-refractivity contribution is -0.277. The zero-order chi connectivity index (χ0) is 29.7. The van der Waals surface area contributed by atoms with Gasteiger partial charge < -0.3 is 64.6 Å². The number of aliphatic hydroxyl groups is 6. The van der Waals surface area contributed by atoms with E-state index in [1.807, 2.05) is 0 Å². The van der Waals surface area contributed by atoms with Crippen LogP contribution in [0.3, 0.4) is 0 Å². The first kappa shape index (κ1) is 29.0. The zero-order valence-corrected chi connectivity index (χ0v) is 21.6. The Morgan fingerprint density at radius 2 is 1.63 bits per heavy atom. The lowest BCUT2D eigenvalue weighted by atomic mass is 9.92. The van der Waals surface area contributed by atoms with E-state index >= 15 is 0 Å². The molecule has 5 rings (SSSR count). The minimum atomic E-state index is -1.82. The van der Waals surface area contributed by atoms with Crippen LogP contribution in [0, 0.1) is 0 Å². The van der Waals surface area contributed by atoms with Crippen LogP contribution in [0.15, 0.2) is 39.5 Å². The predicted molar refractivity (Wildman–Crippen MR) is 137 cm³/mol. The topological polar surface area (TPSA) is 240 Å². The number of aliphatic hydroxyl groups excluding tert-OH is 6. The van der Waals surface area contributed by atoms with Gasteiger partial charge in [-0.2, -0.15) is 0 Å². The van der Waals surface area contributed by atoms with Crippen molar-refractivity contribution >= 4 is 11.0 Å². The SMILES string of the molecule is C[C@H]1O[C@@H](c2c(O[C@@H]3O[C@H](CO)[C@@H](O)[C@H](O)[C@H]3O)cc3oc(-c4ccc(O)c(O)c4)cc(=O)c3c2O)C[C@H](O)[C@H]1O. The maximum atomic E-state index is 13.2. The molecule has 0 saturated carbocycles. The Hall–Kier alpha value is -3.47. The van der Waals surface area contributed by atoms with Gasteiger partial charge in [0.2, 0.25) is 6.29 Å². The van der Waals surface area contributed by atoms with Gasteiger partial charge in [0.1, 0.15) is 58.7 Å². The van der Waals surface area contributed by atoms with Crippen LogP contribution >= 0.6 is 0 Å². The van der Waals surface area contributed by atoms with E-state index in [4.69, 9.17) is 18.6 Å². The molecule has 2 saturated heterocycles. The lowest BCUT2D eigenvalue weighted by Crippen LogP contribution is -2.60. The van der Waals surface area contributed by atoms with Crippen molar-refractivity contribution in [2.75, 3.05) is 6.61 Å². The zero-order valence-electron chi connectivity index (χ0n) is 21.6. The Balaban J connectivity index is 1.66. The van der Waals surface area contributed by atoms with Gasteiger partial charge in [-0.1, -0.05) is 0 Å². The second-order valence-electron chi connectivity index (χ2n) is 10.1. The molecule has 14 nitrogen and oxygen atoms in total. The minimum Gasteiger partial charge on any atom is -0.506 e.